The average molecular weight is 392 g/mol. The fourth-order valence-corrected chi connectivity index (χ4v) is 3.93. The molecule has 1 atom stereocenters. The lowest BCUT2D eigenvalue weighted by molar-refractivity contribution is -0.116. The lowest BCUT2D eigenvalue weighted by Crippen LogP contribution is -2.20. The SMILES string of the molecule is CCc1nnc2n1CC(c1ccc(NC(=O)CCc3ccccc3F)cc1)CC2. The first-order valence-electron chi connectivity index (χ1n) is 10.2. The molecule has 150 valence electrons. The Morgan fingerprint density at radius 2 is 1.97 bits per heavy atom. The van der Waals surface area contributed by atoms with Gasteiger partial charge in [0.15, 0.2) is 0 Å². The van der Waals surface area contributed by atoms with Crippen LogP contribution in [-0.2, 0) is 30.6 Å². The van der Waals surface area contributed by atoms with Crippen LogP contribution in [-0.4, -0.2) is 20.7 Å². The zero-order chi connectivity index (χ0) is 20.2. The molecule has 4 rings (SSSR count). The summed E-state index contributed by atoms with van der Waals surface area (Å²) in [4.78, 5) is 12.2. The molecule has 0 saturated carbocycles. The summed E-state index contributed by atoms with van der Waals surface area (Å²) in [5.41, 5.74) is 2.59. The Hall–Kier alpha value is -3.02. The van der Waals surface area contributed by atoms with Crippen LogP contribution in [0.4, 0.5) is 10.1 Å². The Morgan fingerprint density at radius 3 is 2.72 bits per heavy atom. The lowest BCUT2D eigenvalue weighted by atomic mass is 9.91. The fourth-order valence-electron chi connectivity index (χ4n) is 3.93. The minimum absolute atomic E-state index is 0.111. The maximum absolute atomic E-state index is 13.7. The number of carbonyl (C=O) groups excluding carboxylic acids is 1. The van der Waals surface area contributed by atoms with Gasteiger partial charge in [0.25, 0.3) is 0 Å². The molecule has 1 amide bonds. The number of nitrogens with one attached hydrogen (secondary N) is 1. The smallest absolute Gasteiger partial charge is 0.224 e. The van der Waals surface area contributed by atoms with Crippen molar-refractivity contribution in [2.75, 3.05) is 5.32 Å². The van der Waals surface area contributed by atoms with E-state index in [0.29, 0.717) is 17.9 Å². The third kappa shape index (κ3) is 4.36. The van der Waals surface area contributed by atoms with Gasteiger partial charge in [0.2, 0.25) is 5.91 Å². The standard InChI is InChI=1S/C23H25FN4O/c1-2-21-26-27-22-13-9-18(15-28(21)22)16-7-11-19(12-8-16)25-23(29)14-10-17-5-3-4-6-20(17)24/h3-8,11-12,18H,2,9-10,13-15H2,1H3,(H,25,29). The van der Waals surface area contributed by atoms with Crippen molar-refractivity contribution >= 4 is 11.6 Å². The zero-order valence-electron chi connectivity index (χ0n) is 16.6. The summed E-state index contributed by atoms with van der Waals surface area (Å²) in [6.45, 7) is 3.00. The average Bonchev–Trinajstić information content (AvgIpc) is 3.16. The van der Waals surface area contributed by atoms with Crippen molar-refractivity contribution in [3.8, 4) is 0 Å². The Morgan fingerprint density at radius 1 is 1.17 bits per heavy atom. The van der Waals surface area contributed by atoms with Gasteiger partial charge in [-0.2, -0.15) is 0 Å². The number of hydrogen-bond acceptors (Lipinski definition) is 3. The minimum atomic E-state index is -0.264. The number of hydrogen-bond donors (Lipinski definition) is 1. The molecule has 0 radical (unpaired) electrons. The van der Waals surface area contributed by atoms with E-state index in [1.165, 1.54) is 11.6 Å². The van der Waals surface area contributed by atoms with E-state index in [4.69, 9.17) is 0 Å². The first-order chi connectivity index (χ1) is 14.1. The lowest BCUT2D eigenvalue weighted by Gasteiger charge is -2.24. The summed E-state index contributed by atoms with van der Waals surface area (Å²) >= 11 is 0. The van der Waals surface area contributed by atoms with Crippen LogP contribution < -0.4 is 5.32 Å². The molecule has 2 heterocycles. The van der Waals surface area contributed by atoms with E-state index >= 15 is 0 Å². The molecular formula is C23H25FN4O. The summed E-state index contributed by atoms with van der Waals surface area (Å²) in [5.74, 6) is 2.18. The number of carbonyl (C=O) groups is 1. The largest absolute Gasteiger partial charge is 0.326 e. The van der Waals surface area contributed by atoms with Crippen molar-refractivity contribution < 1.29 is 9.18 Å². The van der Waals surface area contributed by atoms with Crippen LogP contribution in [0.3, 0.4) is 0 Å². The molecule has 0 fully saturated rings. The highest BCUT2D eigenvalue weighted by Gasteiger charge is 2.23. The predicted molar refractivity (Wildman–Crippen MR) is 110 cm³/mol. The van der Waals surface area contributed by atoms with Gasteiger partial charge in [0, 0.05) is 37.4 Å². The van der Waals surface area contributed by atoms with E-state index in [-0.39, 0.29) is 18.1 Å². The highest BCUT2D eigenvalue weighted by atomic mass is 19.1. The number of amides is 1. The summed E-state index contributed by atoms with van der Waals surface area (Å²) in [7, 11) is 0. The number of benzene rings is 2. The Balaban J connectivity index is 1.34. The molecule has 29 heavy (non-hydrogen) atoms. The summed E-state index contributed by atoms with van der Waals surface area (Å²) in [5, 5.41) is 11.5. The Bertz CT molecular complexity index is 983. The second-order valence-electron chi connectivity index (χ2n) is 7.49. The monoisotopic (exact) mass is 392 g/mol. The molecule has 1 N–H and O–H groups in total. The molecule has 5 nitrogen and oxygen atoms in total. The molecule has 0 aliphatic carbocycles. The van der Waals surface area contributed by atoms with Gasteiger partial charge in [-0.05, 0) is 42.2 Å². The molecule has 1 aliphatic rings. The van der Waals surface area contributed by atoms with Crippen LogP contribution >= 0.6 is 0 Å². The summed E-state index contributed by atoms with van der Waals surface area (Å²) in [6.07, 6.45) is 3.52. The molecule has 3 aromatic rings. The number of nitrogens with zero attached hydrogens (tertiary/aromatic N) is 3. The number of aryl methyl sites for hydroxylation is 3. The van der Waals surface area contributed by atoms with E-state index in [9.17, 15) is 9.18 Å². The first-order valence-corrected chi connectivity index (χ1v) is 10.2. The van der Waals surface area contributed by atoms with E-state index in [0.717, 1.165) is 43.1 Å². The van der Waals surface area contributed by atoms with Gasteiger partial charge in [-0.1, -0.05) is 37.3 Å². The Labute approximate surface area is 170 Å². The number of halogens is 1. The van der Waals surface area contributed by atoms with Gasteiger partial charge in [-0.3, -0.25) is 4.79 Å². The fraction of sp³-hybridized carbons (Fsp3) is 0.348. The maximum Gasteiger partial charge on any atom is 0.224 e. The van der Waals surface area contributed by atoms with Gasteiger partial charge in [0.1, 0.15) is 17.5 Å². The normalized spacial score (nSPS) is 15.7. The maximum atomic E-state index is 13.7. The van der Waals surface area contributed by atoms with Gasteiger partial charge in [-0.25, -0.2) is 4.39 Å². The number of anilines is 1. The molecule has 0 spiro atoms. The summed E-state index contributed by atoms with van der Waals surface area (Å²) in [6, 6.07) is 14.6. The Kier molecular flexibility index (Phi) is 5.69. The number of aromatic nitrogens is 3. The molecule has 1 aliphatic heterocycles. The molecule has 0 bridgehead atoms. The van der Waals surface area contributed by atoms with E-state index in [2.05, 4.69) is 39.1 Å². The molecule has 0 saturated heterocycles. The second kappa shape index (κ2) is 8.55. The van der Waals surface area contributed by atoms with Crippen LogP contribution in [0.1, 0.15) is 48.5 Å². The van der Waals surface area contributed by atoms with Crippen LogP contribution in [0.15, 0.2) is 48.5 Å². The van der Waals surface area contributed by atoms with E-state index < -0.39 is 0 Å². The highest BCUT2D eigenvalue weighted by molar-refractivity contribution is 5.90. The van der Waals surface area contributed by atoms with Gasteiger partial charge in [-0.15, -0.1) is 10.2 Å². The van der Waals surface area contributed by atoms with Crippen LogP contribution in [0, 0.1) is 5.82 Å². The first kappa shape index (κ1) is 19.3. The van der Waals surface area contributed by atoms with E-state index in [1.807, 2.05) is 12.1 Å². The highest BCUT2D eigenvalue weighted by Crippen LogP contribution is 2.29. The van der Waals surface area contributed by atoms with Crippen LogP contribution in [0.5, 0.6) is 0 Å². The van der Waals surface area contributed by atoms with Gasteiger partial charge >= 0.3 is 0 Å². The molecular weight excluding hydrogens is 367 g/mol. The number of rotatable bonds is 6. The van der Waals surface area contributed by atoms with Crippen molar-refractivity contribution in [2.24, 2.45) is 0 Å². The molecule has 6 heteroatoms. The van der Waals surface area contributed by atoms with Crippen LogP contribution in [0.25, 0.3) is 0 Å². The predicted octanol–water partition coefficient (Wildman–Crippen LogP) is 4.28. The van der Waals surface area contributed by atoms with Gasteiger partial charge in [0.05, 0.1) is 0 Å². The van der Waals surface area contributed by atoms with Crippen molar-refractivity contribution in [3.63, 3.8) is 0 Å². The van der Waals surface area contributed by atoms with Crippen molar-refractivity contribution in [1.82, 2.24) is 14.8 Å². The van der Waals surface area contributed by atoms with E-state index in [1.54, 1.807) is 18.2 Å². The third-order valence-electron chi connectivity index (χ3n) is 5.58. The summed E-state index contributed by atoms with van der Waals surface area (Å²) < 4.78 is 15.9. The topological polar surface area (TPSA) is 59.8 Å². The number of fused-ring (bicyclic) bond motifs is 1. The van der Waals surface area contributed by atoms with Crippen molar-refractivity contribution in [1.29, 1.82) is 0 Å². The molecule has 2 aromatic carbocycles. The minimum Gasteiger partial charge on any atom is -0.326 e. The van der Waals surface area contributed by atoms with Crippen LogP contribution in [0.2, 0.25) is 0 Å². The molecule has 1 aromatic heterocycles. The van der Waals surface area contributed by atoms with Gasteiger partial charge < -0.3 is 9.88 Å². The quantitative estimate of drug-likeness (QED) is 0.681. The molecule has 1 unspecified atom stereocenters. The van der Waals surface area contributed by atoms with Crippen molar-refractivity contribution in [2.45, 2.75) is 51.5 Å². The van der Waals surface area contributed by atoms with Crippen molar-refractivity contribution in [3.05, 3.63) is 77.1 Å². The third-order valence-corrected chi connectivity index (χ3v) is 5.58. The second-order valence-corrected chi connectivity index (χ2v) is 7.49. The zero-order valence-corrected chi connectivity index (χ0v) is 16.6.